The van der Waals surface area contributed by atoms with E-state index in [1.807, 2.05) is 24.3 Å². The molecule has 2 aromatic carbocycles. The van der Waals surface area contributed by atoms with Crippen molar-refractivity contribution in [1.82, 2.24) is 0 Å². The van der Waals surface area contributed by atoms with Crippen LogP contribution in [-0.2, 0) is 9.59 Å². The van der Waals surface area contributed by atoms with E-state index in [-0.39, 0.29) is 23.7 Å². The second kappa shape index (κ2) is 7.78. The van der Waals surface area contributed by atoms with E-state index in [4.69, 9.17) is 9.47 Å². The Balaban J connectivity index is 1.76. The quantitative estimate of drug-likeness (QED) is 0.347. The largest absolute Gasteiger partial charge is 0.427 e. The highest BCUT2D eigenvalue weighted by Crippen LogP contribution is 2.51. The first-order chi connectivity index (χ1) is 14.3. The van der Waals surface area contributed by atoms with Gasteiger partial charge in [0, 0.05) is 42.6 Å². The average Bonchev–Trinajstić information content (AvgIpc) is 3.16. The van der Waals surface area contributed by atoms with Gasteiger partial charge in [-0.1, -0.05) is 12.2 Å². The van der Waals surface area contributed by atoms with Gasteiger partial charge >= 0.3 is 11.9 Å². The van der Waals surface area contributed by atoms with Crippen LogP contribution in [0.3, 0.4) is 0 Å². The van der Waals surface area contributed by atoms with Crippen molar-refractivity contribution in [3.05, 3.63) is 65.2 Å². The van der Waals surface area contributed by atoms with E-state index in [0.29, 0.717) is 17.1 Å². The normalized spacial score (nSPS) is 21.2. The number of Topliss-reactive ketones (excluding diaryl/α,β-unsaturated/α-hetero) is 1. The molecule has 0 bridgehead atoms. The van der Waals surface area contributed by atoms with E-state index in [9.17, 15) is 14.4 Å². The highest BCUT2D eigenvalue weighted by Gasteiger charge is 2.39. The molecule has 1 aliphatic carbocycles. The van der Waals surface area contributed by atoms with Crippen molar-refractivity contribution < 1.29 is 23.9 Å². The third-order valence-corrected chi connectivity index (χ3v) is 5.60. The van der Waals surface area contributed by atoms with Crippen LogP contribution in [0.25, 0.3) is 0 Å². The van der Waals surface area contributed by atoms with Crippen molar-refractivity contribution in [1.29, 1.82) is 0 Å². The number of carbonyl (C=O) groups excluding carboxylic acids is 3. The molecule has 1 heterocycles. The summed E-state index contributed by atoms with van der Waals surface area (Å²) in [6, 6.07) is 10.7. The minimum atomic E-state index is -0.445. The summed E-state index contributed by atoms with van der Waals surface area (Å²) in [6.07, 6.45) is 5.19. The number of nitrogens with one attached hydrogen (secondary N) is 1. The Morgan fingerprint density at radius 3 is 2.40 bits per heavy atom. The van der Waals surface area contributed by atoms with Crippen LogP contribution in [0.4, 0.5) is 5.69 Å². The zero-order valence-electron chi connectivity index (χ0n) is 17.1. The first-order valence-electron chi connectivity index (χ1n) is 9.92. The molecule has 0 amide bonds. The molecule has 0 saturated carbocycles. The Morgan fingerprint density at radius 1 is 0.933 bits per heavy atom. The molecule has 6 heteroatoms. The van der Waals surface area contributed by atoms with Gasteiger partial charge in [0.15, 0.2) is 5.78 Å². The number of rotatable bonds is 4. The second-order valence-corrected chi connectivity index (χ2v) is 7.72. The Labute approximate surface area is 174 Å². The summed E-state index contributed by atoms with van der Waals surface area (Å²) < 4.78 is 10.6. The molecule has 1 N–H and O–H groups in total. The summed E-state index contributed by atoms with van der Waals surface area (Å²) in [4.78, 5) is 34.9. The number of anilines is 1. The number of allylic oxidation sites excluding steroid dienone is 2. The molecular weight excluding hydrogens is 382 g/mol. The maximum Gasteiger partial charge on any atom is 0.308 e. The van der Waals surface area contributed by atoms with Crippen molar-refractivity contribution in [2.75, 3.05) is 5.32 Å². The number of benzene rings is 2. The third kappa shape index (κ3) is 3.73. The Hall–Kier alpha value is -3.41. The first-order valence-corrected chi connectivity index (χ1v) is 9.92. The molecule has 0 spiro atoms. The van der Waals surface area contributed by atoms with Gasteiger partial charge in [-0.25, -0.2) is 0 Å². The van der Waals surface area contributed by atoms with E-state index in [2.05, 4.69) is 17.5 Å². The maximum absolute atomic E-state index is 11.8. The molecule has 1 aliphatic heterocycles. The van der Waals surface area contributed by atoms with E-state index in [1.165, 1.54) is 13.8 Å². The molecule has 4 rings (SSSR count). The number of ketones is 1. The molecule has 30 heavy (non-hydrogen) atoms. The molecule has 154 valence electrons. The van der Waals surface area contributed by atoms with Crippen LogP contribution in [0, 0.1) is 5.92 Å². The molecule has 6 nitrogen and oxygen atoms in total. The first kappa shape index (κ1) is 19.9. The number of fused-ring (bicyclic) bond motifs is 3. The van der Waals surface area contributed by atoms with Gasteiger partial charge < -0.3 is 14.8 Å². The lowest BCUT2D eigenvalue weighted by Crippen LogP contribution is -2.29. The molecule has 0 aromatic heterocycles. The van der Waals surface area contributed by atoms with Crippen LogP contribution >= 0.6 is 0 Å². The summed E-state index contributed by atoms with van der Waals surface area (Å²) in [7, 11) is 0. The Kier molecular flexibility index (Phi) is 5.16. The third-order valence-electron chi connectivity index (χ3n) is 5.60. The van der Waals surface area contributed by atoms with Gasteiger partial charge in [-0.3, -0.25) is 14.4 Å². The van der Waals surface area contributed by atoms with Crippen LogP contribution in [0.2, 0.25) is 0 Å². The fraction of sp³-hybridized carbons (Fsp3) is 0.292. The Morgan fingerprint density at radius 2 is 1.70 bits per heavy atom. The number of carbonyl (C=O) groups is 3. The molecule has 0 radical (unpaired) electrons. The average molecular weight is 405 g/mol. The molecule has 0 saturated heterocycles. The van der Waals surface area contributed by atoms with Crippen molar-refractivity contribution in [3.63, 3.8) is 0 Å². The lowest BCUT2D eigenvalue weighted by Gasteiger charge is -2.38. The van der Waals surface area contributed by atoms with E-state index < -0.39 is 11.9 Å². The van der Waals surface area contributed by atoms with Gasteiger partial charge in [0.2, 0.25) is 0 Å². The predicted octanol–water partition coefficient (Wildman–Crippen LogP) is 4.57. The zero-order valence-corrected chi connectivity index (χ0v) is 17.1. The van der Waals surface area contributed by atoms with Crippen LogP contribution in [-0.4, -0.2) is 17.7 Å². The monoisotopic (exact) mass is 405 g/mol. The topological polar surface area (TPSA) is 81.7 Å². The van der Waals surface area contributed by atoms with Crippen molar-refractivity contribution in [2.24, 2.45) is 5.92 Å². The smallest absolute Gasteiger partial charge is 0.308 e. The zero-order chi connectivity index (χ0) is 21.4. The highest BCUT2D eigenvalue weighted by atomic mass is 16.5. The van der Waals surface area contributed by atoms with Gasteiger partial charge in [0.25, 0.3) is 0 Å². The van der Waals surface area contributed by atoms with Gasteiger partial charge in [-0.2, -0.15) is 0 Å². The summed E-state index contributed by atoms with van der Waals surface area (Å²) in [5, 5.41) is 3.57. The fourth-order valence-corrected chi connectivity index (χ4v) is 4.37. The van der Waals surface area contributed by atoms with Gasteiger partial charge in [-0.05, 0) is 55.2 Å². The molecule has 2 aromatic rings. The summed E-state index contributed by atoms with van der Waals surface area (Å²) in [6.45, 7) is 4.23. The van der Waals surface area contributed by atoms with Crippen molar-refractivity contribution >= 4 is 23.4 Å². The highest BCUT2D eigenvalue weighted by molar-refractivity contribution is 5.95. The molecule has 2 aliphatic rings. The van der Waals surface area contributed by atoms with E-state index in [1.54, 1.807) is 19.1 Å². The van der Waals surface area contributed by atoms with Crippen molar-refractivity contribution in [3.8, 4) is 11.5 Å². The maximum atomic E-state index is 11.8. The fourth-order valence-electron chi connectivity index (χ4n) is 4.37. The summed E-state index contributed by atoms with van der Waals surface area (Å²) in [5.74, 6) is 0.204. The van der Waals surface area contributed by atoms with Gasteiger partial charge in [0.05, 0.1) is 6.04 Å². The number of esters is 2. The molecule has 0 fully saturated rings. The molecule has 3 atom stereocenters. The summed E-state index contributed by atoms with van der Waals surface area (Å²) in [5.41, 5.74) is 3.57. The lowest BCUT2D eigenvalue weighted by atomic mass is 9.76. The van der Waals surface area contributed by atoms with E-state index in [0.717, 1.165) is 23.2 Å². The predicted molar refractivity (Wildman–Crippen MR) is 112 cm³/mol. The second-order valence-electron chi connectivity index (χ2n) is 7.72. The van der Waals surface area contributed by atoms with Crippen LogP contribution in [0.1, 0.15) is 60.6 Å². The SMILES string of the molecule is CC(=O)Oc1ccc([C@@H]2Nc3ccc(C(C)=O)cc3[C@H]3C=CC[C@@H]32)c(OC(C)=O)c1. The van der Waals surface area contributed by atoms with E-state index >= 15 is 0 Å². The molecule has 0 unspecified atom stereocenters. The van der Waals surface area contributed by atoms with Crippen LogP contribution < -0.4 is 14.8 Å². The number of ether oxygens (including phenoxy) is 2. The minimum absolute atomic E-state index is 0.0386. The van der Waals surface area contributed by atoms with Crippen LogP contribution in [0.5, 0.6) is 11.5 Å². The van der Waals surface area contributed by atoms with Crippen LogP contribution in [0.15, 0.2) is 48.6 Å². The van der Waals surface area contributed by atoms with Gasteiger partial charge in [0.1, 0.15) is 11.5 Å². The Bertz CT molecular complexity index is 1070. The lowest BCUT2D eigenvalue weighted by molar-refractivity contribution is -0.132. The molecular formula is C24H23NO5. The summed E-state index contributed by atoms with van der Waals surface area (Å²) >= 11 is 0. The number of hydrogen-bond donors (Lipinski definition) is 1. The number of hydrogen-bond acceptors (Lipinski definition) is 6. The van der Waals surface area contributed by atoms with Gasteiger partial charge in [-0.15, -0.1) is 0 Å². The van der Waals surface area contributed by atoms with Crippen molar-refractivity contribution in [2.45, 2.75) is 39.2 Å². The standard InChI is InChI=1S/C24H23NO5/c1-13(26)16-7-10-22-21(11-16)18-5-4-6-19(18)24(25-22)20-9-8-17(29-14(2)27)12-23(20)30-15(3)28/h4-5,7-12,18-19,24-25H,6H2,1-3H3/t18-,19-,24+/m0/s1. The minimum Gasteiger partial charge on any atom is -0.427 e.